The third kappa shape index (κ3) is 2.65. The second kappa shape index (κ2) is 6.12. The highest BCUT2D eigenvalue weighted by Gasteiger charge is 2.26. The molecule has 2 aromatic rings. The van der Waals surface area contributed by atoms with Gasteiger partial charge in [-0.2, -0.15) is 10.2 Å². The number of aromatic nitrogens is 1. The van der Waals surface area contributed by atoms with E-state index in [1.807, 2.05) is 11.0 Å². The molecule has 7 nitrogen and oxygen atoms in total. The van der Waals surface area contributed by atoms with Crippen LogP contribution in [-0.4, -0.2) is 47.9 Å². The number of hydrogen-bond donors (Lipinski definition) is 0. The lowest BCUT2D eigenvalue weighted by Gasteiger charge is -2.34. The average molecular weight is 321 g/mol. The second-order valence-electron chi connectivity index (χ2n) is 4.76. The van der Waals surface area contributed by atoms with Crippen molar-refractivity contribution < 1.29 is 13.6 Å². The van der Waals surface area contributed by atoms with Gasteiger partial charge < -0.3 is 18.6 Å². The highest BCUT2D eigenvalue weighted by molar-refractivity contribution is 6.27. The lowest BCUT2D eigenvalue weighted by molar-refractivity contribution is -0.128. The molecule has 8 heteroatoms. The Bertz CT molecular complexity index is 696. The van der Waals surface area contributed by atoms with E-state index in [1.165, 1.54) is 6.26 Å². The third-order valence-electron chi connectivity index (χ3n) is 3.48. The molecule has 2 aromatic heterocycles. The Labute approximate surface area is 131 Å². The van der Waals surface area contributed by atoms with Crippen molar-refractivity contribution in [3.05, 3.63) is 24.1 Å². The van der Waals surface area contributed by atoms with E-state index >= 15 is 0 Å². The van der Waals surface area contributed by atoms with E-state index in [0.717, 1.165) is 0 Å². The maximum absolute atomic E-state index is 11.6. The first-order valence-electron chi connectivity index (χ1n) is 6.76. The predicted octanol–water partition coefficient (Wildman–Crippen LogP) is 1.69. The minimum Gasteiger partial charge on any atom is -0.459 e. The van der Waals surface area contributed by atoms with Crippen LogP contribution in [0.5, 0.6) is 0 Å². The van der Waals surface area contributed by atoms with Gasteiger partial charge in [-0.25, -0.2) is 0 Å². The summed E-state index contributed by atoms with van der Waals surface area (Å²) in [4.78, 5) is 19.3. The Balaban J connectivity index is 1.78. The lowest BCUT2D eigenvalue weighted by Crippen LogP contribution is -2.49. The van der Waals surface area contributed by atoms with Gasteiger partial charge in [0.15, 0.2) is 5.76 Å². The van der Waals surface area contributed by atoms with E-state index < -0.39 is 0 Å². The number of rotatable bonds is 3. The van der Waals surface area contributed by atoms with Crippen molar-refractivity contribution >= 4 is 23.4 Å². The molecule has 0 spiro atoms. The molecular weight excluding hydrogens is 308 g/mol. The van der Waals surface area contributed by atoms with Crippen LogP contribution in [0.2, 0.25) is 0 Å². The Morgan fingerprint density at radius 3 is 2.77 bits per heavy atom. The molecule has 0 atom stereocenters. The Hall–Kier alpha value is -2.46. The lowest BCUT2D eigenvalue weighted by atomic mass is 10.3. The van der Waals surface area contributed by atoms with Crippen LogP contribution in [0.4, 0.5) is 5.88 Å². The van der Waals surface area contributed by atoms with Crippen molar-refractivity contribution in [3.63, 3.8) is 0 Å². The Kier molecular flexibility index (Phi) is 4.02. The molecule has 114 valence electrons. The number of nitriles is 1. The number of piperazine rings is 1. The molecule has 3 heterocycles. The van der Waals surface area contributed by atoms with E-state index in [-0.39, 0.29) is 23.4 Å². The van der Waals surface area contributed by atoms with Crippen molar-refractivity contribution in [1.29, 1.82) is 5.26 Å². The molecule has 0 bridgehead atoms. The van der Waals surface area contributed by atoms with E-state index in [2.05, 4.69) is 4.98 Å². The van der Waals surface area contributed by atoms with Crippen LogP contribution in [-0.2, 0) is 4.79 Å². The van der Waals surface area contributed by atoms with Crippen LogP contribution in [0.1, 0.15) is 5.69 Å². The van der Waals surface area contributed by atoms with Crippen molar-refractivity contribution in [3.8, 4) is 17.7 Å². The summed E-state index contributed by atoms with van der Waals surface area (Å²) in [5.41, 5.74) is 0.212. The molecule has 0 aromatic carbocycles. The number of hydrogen-bond acceptors (Lipinski definition) is 6. The predicted molar refractivity (Wildman–Crippen MR) is 78.4 cm³/mol. The van der Waals surface area contributed by atoms with Gasteiger partial charge in [-0.3, -0.25) is 4.79 Å². The topological polar surface area (TPSA) is 86.5 Å². The smallest absolute Gasteiger partial charge is 0.266 e. The van der Waals surface area contributed by atoms with Crippen LogP contribution < -0.4 is 4.90 Å². The monoisotopic (exact) mass is 320 g/mol. The zero-order valence-corrected chi connectivity index (χ0v) is 12.4. The van der Waals surface area contributed by atoms with Gasteiger partial charge in [-0.05, 0) is 12.1 Å². The van der Waals surface area contributed by atoms with E-state index in [4.69, 9.17) is 20.4 Å². The van der Waals surface area contributed by atoms with Crippen LogP contribution in [0, 0.1) is 11.3 Å². The van der Waals surface area contributed by atoms with Crippen LogP contribution in [0.15, 0.2) is 27.2 Å². The van der Waals surface area contributed by atoms with Gasteiger partial charge in [0.05, 0.1) is 6.26 Å². The van der Waals surface area contributed by atoms with Gasteiger partial charge >= 0.3 is 0 Å². The Morgan fingerprint density at radius 1 is 1.41 bits per heavy atom. The van der Waals surface area contributed by atoms with Gasteiger partial charge in [0.25, 0.3) is 5.89 Å². The molecule has 22 heavy (non-hydrogen) atoms. The molecule has 1 aliphatic rings. The van der Waals surface area contributed by atoms with Gasteiger partial charge in [-0.15, -0.1) is 11.6 Å². The SMILES string of the molecule is N#Cc1nc(-c2ccco2)oc1N1CCN(C(=O)CCl)CC1. The number of oxazole rings is 1. The summed E-state index contributed by atoms with van der Waals surface area (Å²) >= 11 is 5.56. The normalized spacial score (nSPS) is 14.9. The number of anilines is 1. The Morgan fingerprint density at radius 2 is 2.18 bits per heavy atom. The summed E-state index contributed by atoms with van der Waals surface area (Å²) in [5.74, 6) is 1.05. The number of nitrogens with zero attached hydrogens (tertiary/aromatic N) is 4. The molecule has 1 fully saturated rings. The van der Waals surface area contributed by atoms with Gasteiger partial charge in [0.1, 0.15) is 11.9 Å². The second-order valence-corrected chi connectivity index (χ2v) is 5.03. The summed E-state index contributed by atoms with van der Waals surface area (Å²) in [6.45, 7) is 2.19. The average Bonchev–Trinajstić information content (AvgIpc) is 3.23. The number of halogens is 1. The molecule has 0 radical (unpaired) electrons. The molecule has 0 saturated carbocycles. The van der Waals surface area contributed by atoms with Crippen molar-refractivity contribution in [2.24, 2.45) is 0 Å². The summed E-state index contributed by atoms with van der Waals surface area (Å²) in [7, 11) is 0. The first-order chi connectivity index (χ1) is 10.7. The molecule has 1 saturated heterocycles. The van der Waals surface area contributed by atoms with Crippen LogP contribution >= 0.6 is 11.6 Å². The van der Waals surface area contributed by atoms with Gasteiger partial charge in [0.2, 0.25) is 17.5 Å². The minimum atomic E-state index is -0.0873. The number of carbonyl (C=O) groups is 1. The van der Waals surface area contributed by atoms with E-state index in [9.17, 15) is 10.1 Å². The third-order valence-corrected chi connectivity index (χ3v) is 3.71. The van der Waals surface area contributed by atoms with Crippen molar-refractivity contribution in [2.75, 3.05) is 37.0 Å². The summed E-state index contributed by atoms with van der Waals surface area (Å²) in [6.07, 6.45) is 1.52. The highest BCUT2D eigenvalue weighted by atomic mass is 35.5. The summed E-state index contributed by atoms with van der Waals surface area (Å²) < 4.78 is 10.9. The van der Waals surface area contributed by atoms with Crippen molar-refractivity contribution in [2.45, 2.75) is 0 Å². The maximum atomic E-state index is 11.6. The zero-order chi connectivity index (χ0) is 15.5. The maximum Gasteiger partial charge on any atom is 0.266 e. The molecule has 3 rings (SSSR count). The minimum absolute atomic E-state index is 0.0194. The first kappa shape index (κ1) is 14.5. The first-order valence-corrected chi connectivity index (χ1v) is 7.30. The molecule has 1 aliphatic heterocycles. The van der Waals surface area contributed by atoms with E-state index in [0.29, 0.717) is 37.8 Å². The van der Waals surface area contributed by atoms with E-state index in [1.54, 1.807) is 17.0 Å². The van der Waals surface area contributed by atoms with Crippen molar-refractivity contribution in [1.82, 2.24) is 9.88 Å². The quantitative estimate of drug-likeness (QED) is 0.800. The molecule has 0 aliphatic carbocycles. The fourth-order valence-electron chi connectivity index (χ4n) is 2.35. The molecule has 0 unspecified atom stereocenters. The van der Waals surface area contributed by atoms with Crippen LogP contribution in [0.3, 0.4) is 0 Å². The zero-order valence-electron chi connectivity index (χ0n) is 11.7. The van der Waals surface area contributed by atoms with Gasteiger partial charge in [0, 0.05) is 26.2 Å². The molecule has 0 N–H and O–H groups in total. The van der Waals surface area contributed by atoms with Crippen LogP contribution in [0.25, 0.3) is 11.7 Å². The number of amides is 1. The standard InChI is InChI=1S/C14H13ClN4O3/c15-8-12(20)18-3-5-19(6-4-18)14-10(9-16)17-13(22-14)11-2-1-7-21-11/h1-2,7H,3-6,8H2. The highest BCUT2D eigenvalue weighted by Crippen LogP contribution is 2.29. The number of carbonyl (C=O) groups excluding carboxylic acids is 1. The fraction of sp³-hybridized carbons (Fsp3) is 0.357. The number of alkyl halides is 1. The summed E-state index contributed by atoms with van der Waals surface area (Å²) in [6, 6.07) is 5.47. The largest absolute Gasteiger partial charge is 0.459 e. The molecular formula is C14H13ClN4O3. The number of furan rings is 1. The molecule has 1 amide bonds. The fourth-order valence-corrected chi connectivity index (χ4v) is 2.52. The van der Waals surface area contributed by atoms with Gasteiger partial charge in [-0.1, -0.05) is 0 Å². The summed E-state index contributed by atoms with van der Waals surface area (Å²) in [5, 5.41) is 9.23.